The molecule has 1 rings (SSSR count). The molecular weight excluding hydrogens is 287 g/mol. The van der Waals surface area contributed by atoms with Gasteiger partial charge in [0.25, 0.3) is 0 Å². The molecule has 107 valence electrons. The normalized spacial score (nSPS) is 13.9. The molecule has 0 aromatic rings. The first-order valence-electron chi connectivity index (χ1n) is 5.54. The fourth-order valence-electron chi connectivity index (χ4n) is 1.09. The Kier molecular flexibility index (Phi) is 40.3. The van der Waals surface area contributed by atoms with Gasteiger partial charge in [-0.05, 0) is 13.8 Å². The summed E-state index contributed by atoms with van der Waals surface area (Å²) in [5.74, 6) is 0. The summed E-state index contributed by atoms with van der Waals surface area (Å²) in [5.41, 5.74) is 0. The van der Waals surface area contributed by atoms with E-state index in [2.05, 4.69) is 32.6 Å². The van der Waals surface area contributed by atoms with Crippen molar-refractivity contribution < 1.29 is 37.4 Å². The van der Waals surface area contributed by atoms with Gasteiger partial charge >= 0.3 is 0 Å². The third kappa shape index (κ3) is 19.5. The van der Waals surface area contributed by atoms with Gasteiger partial charge in [-0.3, -0.25) is 4.90 Å². The van der Waals surface area contributed by atoms with Gasteiger partial charge in [-0.2, -0.15) is 0 Å². The Morgan fingerprint density at radius 2 is 1.29 bits per heavy atom. The molecule has 3 heteroatoms. The molecule has 1 radical (unpaired) electrons. The van der Waals surface area contributed by atoms with Gasteiger partial charge in [-0.1, -0.05) is 49.0 Å². The molecule has 1 saturated heterocycles. The average molecular weight is 324 g/mol. The maximum Gasteiger partial charge on any atom is 0.0594 e. The van der Waals surface area contributed by atoms with Gasteiger partial charge in [0, 0.05) is 51.8 Å². The first-order valence-corrected chi connectivity index (χ1v) is 5.54. The van der Waals surface area contributed by atoms with E-state index < -0.39 is 0 Å². The van der Waals surface area contributed by atoms with Crippen LogP contribution in [0.25, 0.3) is 0 Å². The molecule has 1 heterocycles. The Bertz CT molecular complexity index is 102. The van der Waals surface area contributed by atoms with Gasteiger partial charge in [0.1, 0.15) is 0 Å². The molecule has 0 bridgehead atoms. The van der Waals surface area contributed by atoms with Crippen molar-refractivity contribution in [3.05, 3.63) is 0 Å². The Labute approximate surface area is 137 Å². The smallest absolute Gasteiger partial charge is 0.0594 e. The second-order valence-electron chi connectivity index (χ2n) is 3.74. The summed E-state index contributed by atoms with van der Waals surface area (Å²) in [7, 11) is 0. The van der Waals surface area contributed by atoms with Crippen LogP contribution in [-0.2, 0) is 37.4 Å². The molecule has 0 aliphatic carbocycles. The monoisotopic (exact) mass is 324 g/mol. The van der Waals surface area contributed by atoms with E-state index in [4.69, 9.17) is 4.74 Å². The van der Waals surface area contributed by atoms with Crippen LogP contribution < -0.4 is 0 Å². The fraction of sp³-hybridized carbons (Fsp3) is 1.00. The molecule has 2 nitrogen and oxygen atoms in total. The van der Waals surface area contributed by atoms with Gasteiger partial charge in [-0.25, -0.2) is 0 Å². The topological polar surface area (TPSA) is 12.5 Å². The van der Waals surface area contributed by atoms with Crippen LogP contribution in [0, 0.1) is 0 Å². The first-order chi connectivity index (χ1) is 6.22. The summed E-state index contributed by atoms with van der Waals surface area (Å²) < 4.78 is 5.21. The van der Waals surface area contributed by atoms with Gasteiger partial charge < -0.3 is 4.74 Å². The number of nitrogens with zero attached hydrogens (tertiary/aromatic N) is 1. The van der Waals surface area contributed by atoms with E-state index >= 15 is 0 Å². The van der Waals surface area contributed by atoms with Crippen molar-refractivity contribution >= 4 is 0 Å². The summed E-state index contributed by atoms with van der Waals surface area (Å²) in [4.78, 5) is 2.43. The zero-order valence-electron chi connectivity index (χ0n) is 10.3. The van der Waals surface area contributed by atoms with E-state index in [1.165, 1.54) is 12.8 Å². The zero-order valence-corrected chi connectivity index (χ0v) is 13.1. The van der Waals surface area contributed by atoms with Crippen LogP contribution >= 0.6 is 0 Å². The third-order valence-corrected chi connectivity index (χ3v) is 2.28. The minimum atomic E-state index is 0. The van der Waals surface area contributed by atoms with Crippen molar-refractivity contribution in [3.63, 3.8) is 0 Å². The van der Waals surface area contributed by atoms with Crippen molar-refractivity contribution in [3.8, 4) is 0 Å². The number of rotatable bonds is 2. The van der Waals surface area contributed by atoms with E-state index in [9.17, 15) is 0 Å². The molecule has 0 N–H and O–H groups in total. The minimum absolute atomic E-state index is 0. The number of unbranched alkanes of at least 4 members (excludes halogenated alkanes) is 1. The average Bonchev–Trinajstić information content (AvgIpc) is 2.19. The van der Waals surface area contributed by atoms with E-state index in [-0.39, 0.29) is 55.0 Å². The van der Waals surface area contributed by atoms with Crippen molar-refractivity contribution in [1.82, 2.24) is 4.90 Å². The van der Waals surface area contributed by atoms with Crippen LogP contribution in [0.3, 0.4) is 0 Å². The molecule has 0 spiro atoms. The van der Waals surface area contributed by atoms with Crippen molar-refractivity contribution in [2.24, 2.45) is 0 Å². The Hall–Kier alpha value is 1.02. The molecule has 0 saturated carbocycles. The molecule has 17 heavy (non-hydrogen) atoms. The maximum absolute atomic E-state index is 5.21. The first kappa shape index (κ1) is 30.8. The molecule has 0 amide bonds. The Morgan fingerprint density at radius 1 is 0.941 bits per heavy atom. The molecule has 0 unspecified atom stereocenters. The molecular formula is C14H37NOY. The van der Waals surface area contributed by atoms with Crippen LogP contribution in [0.1, 0.15) is 62.8 Å². The van der Waals surface area contributed by atoms with Crippen LogP contribution in [0.15, 0.2) is 0 Å². The van der Waals surface area contributed by atoms with Gasteiger partial charge in [-0.15, -0.1) is 0 Å². The second-order valence-corrected chi connectivity index (χ2v) is 3.74. The molecule has 0 atom stereocenters. The molecule has 1 aliphatic heterocycles. The summed E-state index contributed by atoms with van der Waals surface area (Å²) in [6.07, 6.45) is 2.64. The summed E-state index contributed by atoms with van der Waals surface area (Å²) in [6.45, 7) is 12.9. The minimum Gasteiger partial charge on any atom is -0.379 e. The molecule has 1 fully saturated rings. The molecule has 0 aromatic heterocycles. The Balaban J connectivity index is -0.0000000542. The SMILES string of the molecule is C.C.C.CC(C)N1CCOCC1.CCCC.[Y]. The number of hydrogen-bond acceptors (Lipinski definition) is 2. The fourth-order valence-corrected chi connectivity index (χ4v) is 1.09. The number of morpholine rings is 1. The van der Waals surface area contributed by atoms with Crippen LogP contribution in [0.4, 0.5) is 0 Å². The summed E-state index contributed by atoms with van der Waals surface area (Å²) >= 11 is 0. The van der Waals surface area contributed by atoms with E-state index in [0.717, 1.165) is 26.3 Å². The summed E-state index contributed by atoms with van der Waals surface area (Å²) in [6, 6.07) is 0.689. The third-order valence-electron chi connectivity index (χ3n) is 2.28. The van der Waals surface area contributed by atoms with Crippen LogP contribution in [0.2, 0.25) is 0 Å². The molecule has 0 aromatic carbocycles. The predicted molar refractivity (Wildman–Crippen MR) is 78.3 cm³/mol. The summed E-state index contributed by atoms with van der Waals surface area (Å²) in [5, 5.41) is 0. The standard InChI is InChI=1S/C7H15NO.C4H10.3CH4.Y/c1-7(2)8-3-5-9-6-4-8;1-3-4-2;;;;/h7H,3-6H2,1-2H3;3-4H2,1-2H3;3*1H4;. The molecule has 1 aliphatic rings. The van der Waals surface area contributed by atoms with Gasteiger partial charge in [0.05, 0.1) is 13.2 Å². The van der Waals surface area contributed by atoms with E-state index in [0.29, 0.717) is 6.04 Å². The zero-order chi connectivity index (χ0) is 10.1. The Morgan fingerprint density at radius 3 is 1.47 bits per heavy atom. The number of ether oxygens (including phenoxy) is 1. The second kappa shape index (κ2) is 22.2. The number of hydrogen-bond donors (Lipinski definition) is 0. The van der Waals surface area contributed by atoms with E-state index in [1.807, 2.05) is 0 Å². The van der Waals surface area contributed by atoms with Crippen LogP contribution in [0.5, 0.6) is 0 Å². The van der Waals surface area contributed by atoms with Gasteiger partial charge in [0.15, 0.2) is 0 Å². The van der Waals surface area contributed by atoms with Crippen molar-refractivity contribution in [1.29, 1.82) is 0 Å². The van der Waals surface area contributed by atoms with E-state index in [1.54, 1.807) is 0 Å². The van der Waals surface area contributed by atoms with Crippen molar-refractivity contribution in [2.75, 3.05) is 26.3 Å². The quantitative estimate of drug-likeness (QED) is 0.744. The maximum atomic E-state index is 5.21. The van der Waals surface area contributed by atoms with Crippen molar-refractivity contribution in [2.45, 2.75) is 68.9 Å². The van der Waals surface area contributed by atoms with Gasteiger partial charge in [0.2, 0.25) is 0 Å². The van der Waals surface area contributed by atoms with Crippen LogP contribution in [-0.4, -0.2) is 37.2 Å². The largest absolute Gasteiger partial charge is 0.379 e. The predicted octanol–water partition coefficient (Wildman–Crippen LogP) is 4.44.